The van der Waals surface area contributed by atoms with Crippen LogP contribution in [0, 0.1) is 17.0 Å². The smallest absolute Gasteiger partial charge is 0.334 e. The molecule has 2 heterocycles. The lowest BCUT2D eigenvalue weighted by Gasteiger charge is -2.10. The molecular formula is C18H14N6O2S. The number of thiazole rings is 1. The topological polar surface area (TPSA) is 106 Å². The third-order valence-electron chi connectivity index (χ3n) is 3.92. The molecule has 0 radical (unpaired) electrons. The van der Waals surface area contributed by atoms with Crippen molar-refractivity contribution in [1.29, 1.82) is 0 Å². The lowest BCUT2D eigenvalue weighted by atomic mass is 10.2. The molecule has 0 atom stereocenters. The number of hydrogen-bond acceptors (Lipinski definition) is 8. The van der Waals surface area contributed by atoms with Crippen LogP contribution < -0.4 is 10.6 Å². The number of nitro groups is 1. The summed E-state index contributed by atoms with van der Waals surface area (Å²) in [6.45, 7) is 1.91. The number of fused-ring (bicyclic) bond motifs is 1. The van der Waals surface area contributed by atoms with Crippen LogP contribution in [-0.4, -0.2) is 19.9 Å². The number of nitrogens with zero attached hydrogens (tertiary/aromatic N) is 4. The third-order valence-corrected chi connectivity index (χ3v) is 4.87. The predicted molar refractivity (Wildman–Crippen MR) is 106 cm³/mol. The normalized spacial score (nSPS) is 10.7. The van der Waals surface area contributed by atoms with E-state index in [4.69, 9.17) is 0 Å². The third kappa shape index (κ3) is 3.40. The van der Waals surface area contributed by atoms with Crippen molar-refractivity contribution in [2.75, 3.05) is 10.6 Å². The van der Waals surface area contributed by atoms with Crippen molar-refractivity contribution in [3.8, 4) is 0 Å². The van der Waals surface area contributed by atoms with Gasteiger partial charge < -0.3 is 10.6 Å². The minimum atomic E-state index is -0.504. The first kappa shape index (κ1) is 16.9. The summed E-state index contributed by atoms with van der Waals surface area (Å²) in [6, 6.07) is 15.1. The van der Waals surface area contributed by atoms with Gasteiger partial charge in [-0.25, -0.2) is 15.0 Å². The molecule has 8 nitrogen and oxygen atoms in total. The number of benzene rings is 2. The fourth-order valence-electron chi connectivity index (χ4n) is 2.60. The van der Waals surface area contributed by atoms with Gasteiger partial charge in [-0.2, -0.15) is 0 Å². The molecule has 0 unspecified atom stereocenters. The fraction of sp³-hybridized carbons (Fsp3) is 0.0556. The highest BCUT2D eigenvalue weighted by Gasteiger charge is 2.24. The SMILES string of the molecule is Cc1ccccc1Nc1ncnc(Nc2nc3ccccc3s2)c1[N+](=O)[O-]. The second-order valence-corrected chi connectivity index (χ2v) is 6.76. The Morgan fingerprint density at radius 2 is 1.70 bits per heavy atom. The van der Waals surface area contributed by atoms with Gasteiger partial charge in [0.1, 0.15) is 6.33 Å². The Hall–Kier alpha value is -3.59. The van der Waals surface area contributed by atoms with Gasteiger partial charge in [-0.3, -0.25) is 10.1 Å². The van der Waals surface area contributed by atoms with Crippen LogP contribution in [0.5, 0.6) is 0 Å². The van der Waals surface area contributed by atoms with E-state index in [2.05, 4.69) is 25.6 Å². The van der Waals surface area contributed by atoms with Gasteiger partial charge in [-0.1, -0.05) is 41.7 Å². The second kappa shape index (κ2) is 6.96. The minimum Gasteiger partial charge on any atom is -0.334 e. The molecule has 0 amide bonds. The Morgan fingerprint density at radius 1 is 1.00 bits per heavy atom. The zero-order valence-corrected chi connectivity index (χ0v) is 15.0. The Kier molecular flexibility index (Phi) is 4.35. The van der Waals surface area contributed by atoms with Gasteiger partial charge in [0, 0.05) is 5.69 Å². The van der Waals surface area contributed by atoms with Crippen LogP contribution in [-0.2, 0) is 0 Å². The molecule has 2 aromatic heterocycles. The van der Waals surface area contributed by atoms with Crippen LogP contribution in [0.4, 0.5) is 28.1 Å². The highest BCUT2D eigenvalue weighted by atomic mass is 32.1. The molecule has 0 aliphatic heterocycles. The first-order valence-corrected chi connectivity index (χ1v) is 8.88. The van der Waals surface area contributed by atoms with Crippen molar-refractivity contribution < 1.29 is 4.92 Å². The zero-order valence-electron chi connectivity index (χ0n) is 14.2. The highest BCUT2D eigenvalue weighted by molar-refractivity contribution is 7.22. The Bertz CT molecular complexity index is 1110. The maximum Gasteiger partial charge on any atom is 0.353 e. The van der Waals surface area contributed by atoms with Gasteiger partial charge in [0.25, 0.3) is 0 Å². The van der Waals surface area contributed by atoms with Crippen LogP contribution in [0.2, 0.25) is 0 Å². The summed E-state index contributed by atoms with van der Waals surface area (Å²) in [5.41, 5.74) is 2.27. The number of aryl methyl sites for hydroxylation is 1. The molecule has 27 heavy (non-hydrogen) atoms. The largest absolute Gasteiger partial charge is 0.353 e. The molecule has 2 aromatic carbocycles. The average Bonchev–Trinajstić information content (AvgIpc) is 3.06. The van der Waals surface area contributed by atoms with E-state index in [9.17, 15) is 10.1 Å². The van der Waals surface area contributed by atoms with Gasteiger partial charge in [-0.15, -0.1) is 0 Å². The van der Waals surface area contributed by atoms with Crippen molar-refractivity contribution in [1.82, 2.24) is 15.0 Å². The molecule has 0 fully saturated rings. The molecule has 0 aliphatic rings. The number of anilines is 4. The maximum atomic E-state index is 11.7. The van der Waals surface area contributed by atoms with Crippen LogP contribution in [0.15, 0.2) is 54.9 Å². The number of nitrogens with one attached hydrogen (secondary N) is 2. The number of para-hydroxylation sites is 2. The van der Waals surface area contributed by atoms with Gasteiger partial charge in [-0.05, 0) is 30.7 Å². The molecule has 134 valence electrons. The molecule has 0 saturated heterocycles. The molecule has 9 heteroatoms. The Balaban J connectivity index is 1.72. The molecule has 0 saturated carbocycles. The predicted octanol–water partition coefficient (Wildman–Crippen LogP) is 4.79. The molecule has 0 spiro atoms. The van der Waals surface area contributed by atoms with Crippen LogP contribution in [0.3, 0.4) is 0 Å². The summed E-state index contributed by atoms with van der Waals surface area (Å²) < 4.78 is 0.981. The van der Waals surface area contributed by atoms with E-state index in [1.165, 1.54) is 17.7 Å². The number of hydrogen-bond donors (Lipinski definition) is 2. The summed E-state index contributed by atoms with van der Waals surface area (Å²) in [6.07, 6.45) is 1.28. The Morgan fingerprint density at radius 3 is 2.44 bits per heavy atom. The summed E-state index contributed by atoms with van der Waals surface area (Å²) in [5.74, 6) is 0.207. The molecule has 4 aromatic rings. The minimum absolute atomic E-state index is 0.0881. The lowest BCUT2D eigenvalue weighted by Crippen LogP contribution is -2.05. The Labute approximate surface area is 158 Å². The van der Waals surface area contributed by atoms with Gasteiger partial charge in [0.2, 0.25) is 11.6 Å². The van der Waals surface area contributed by atoms with E-state index in [0.717, 1.165) is 21.5 Å². The first-order valence-electron chi connectivity index (χ1n) is 8.06. The summed E-state index contributed by atoms with van der Waals surface area (Å²) in [4.78, 5) is 23.8. The standard InChI is InChI=1S/C18H14N6O2S/c1-11-6-2-3-7-12(11)21-16-15(24(25)26)17(20-10-19-16)23-18-22-13-8-4-5-9-14(13)27-18/h2-10H,1H3,(H2,19,20,21,22,23). The first-order chi connectivity index (χ1) is 13.1. The average molecular weight is 378 g/mol. The van der Waals surface area contributed by atoms with E-state index in [0.29, 0.717) is 5.13 Å². The van der Waals surface area contributed by atoms with E-state index in [-0.39, 0.29) is 17.3 Å². The van der Waals surface area contributed by atoms with Gasteiger partial charge in [0.05, 0.1) is 15.1 Å². The van der Waals surface area contributed by atoms with E-state index >= 15 is 0 Å². The zero-order chi connectivity index (χ0) is 18.8. The van der Waals surface area contributed by atoms with E-state index in [1.807, 2.05) is 55.5 Å². The van der Waals surface area contributed by atoms with Crippen LogP contribution in [0.25, 0.3) is 10.2 Å². The van der Waals surface area contributed by atoms with Crippen molar-refractivity contribution in [3.05, 3.63) is 70.5 Å². The van der Waals surface area contributed by atoms with E-state index < -0.39 is 4.92 Å². The number of aromatic nitrogens is 3. The highest BCUT2D eigenvalue weighted by Crippen LogP contribution is 2.35. The van der Waals surface area contributed by atoms with Crippen molar-refractivity contribution >= 4 is 49.7 Å². The van der Waals surface area contributed by atoms with Crippen molar-refractivity contribution in [2.24, 2.45) is 0 Å². The molecule has 4 rings (SSSR count). The maximum absolute atomic E-state index is 11.7. The monoisotopic (exact) mass is 378 g/mol. The molecule has 2 N–H and O–H groups in total. The van der Waals surface area contributed by atoms with Crippen LogP contribution in [0.1, 0.15) is 5.56 Å². The van der Waals surface area contributed by atoms with Crippen LogP contribution >= 0.6 is 11.3 Å². The summed E-state index contributed by atoms with van der Waals surface area (Å²) in [5, 5.41) is 18.2. The van der Waals surface area contributed by atoms with Crippen molar-refractivity contribution in [2.45, 2.75) is 6.92 Å². The molecule has 0 bridgehead atoms. The number of rotatable bonds is 5. The lowest BCUT2D eigenvalue weighted by molar-refractivity contribution is -0.383. The summed E-state index contributed by atoms with van der Waals surface area (Å²) >= 11 is 1.40. The quantitative estimate of drug-likeness (QED) is 0.380. The fourth-order valence-corrected chi connectivity index (χ4v) is 3.47. The van der Waals surface area contributed by atoms with E-state index in [1.54, 1.807) is 0 Å². The molecular weight excluding hydrogens is 364 g/mol. The second-order valence-electron chi connectivity index (χ2n) is 5.73. The van der Waals surface area contributed by atoms with Gasteiger partial charge >= 0.3 is 5.69 Å². The molecule has 0 aliphatic carbocycles. The summed E-state index contributed by atoms with van der Waals surface area (Å²) in [7, 11) is 0. The van der Waals surface area contributed by atoms with Gasteiger partial charge in [0.15, 0.2) is 5.13 Å². The van der Waals surface area contributed by atoms with Crippen molar-refractivity contribution in [3.63, 3.8) is 0 Å².